The quantitative estimate of drug-likeness (QED) is 0.843. The van der Waals surface area contributed by atoms with Gasteiger partial charge in [0, 0.05) is 31.9 Å². The van der Waals surface area contributed by atoms with Crippen LogP contribution < -0.4 is 9.64 Å². The van der Waals surface area contributed by atoms with E-state index in [2.05, 4.69) is 22.1 Å². The monoisotopic (exact) mass is 257 g/mol. The molecular formula is C15H19N3O. The topological polar surface area (TPSA) is 30.3 Å². The van der Waals surface area contributed by atoms with E-state index in [1.54, 1.807) is 4.68 Å². The molecule has 1 aliphatic heterocycles. The zero-order chi connectivity index (χ0) is 13.1. The molecule has 4 heteroatoms. The van der Waals surface area contributed by atoms with Crippen LogP contribution in [-0.4, -0.2) is 22.9 Å². The van der Waals surface area contributed by atoms with Crippen molar-refractivity contribution in [1.82, 2.24) is 9.78 Å². The Morgan fingerprint density at radius 1 is 1.21 bits per heavy atom. The molecule has 2 aromatic rings. The highest BCUT2D eigenvalue weighted by Crippen LogP contribution is 2.31. The smallest absolute Gasteiger partial charge is 0.143 e. The fourth-order valence-corrected chi connectivity index (χ4v) is 2.51. The summed E-state index contributed by atoms with van der Waals surface area (Å²) in [4.78, 5) is 2.40. The molecular weight excluding hydrogens is 238 g/mol. The van der Waals surface area contributed by atoms with E-state index >= 15 is 0 Å². The van der Waals surface area contributed by atoms with Gasteiger partial charge in [-0.25, -0.2) is 0 Å². The van der Waals surface area contributed by atoms with E-state index in [0.29, 0.717) is 6.61 Å². The molecule has 0 N–H and O–H groups in total. The molecule has 0 aliphatic carbocycles. The van der Waals surface area contributed by atoms with Crippen LogP contribution in [0.2, 0.25) is 0 Å². The summed E-state index contributed by atoms with van der Waals surface area (Å²) in [5.74, 6) is 0.966. The highest BCUT2D eigenvalue weighted by Gasteiger charge is 2.16. The third kappa shape index (κ3) is 2.72. The van der Waals surface area contributed by atoms with Gasteiger partial charge in [-0.1, -0.05) is 12.1 Å². The van der Waals surface area contributed by atoms with Crippen molar-refractivity contribution in [2.45, 2.75) is 19.4 Å². The van der Waals surface area contributed by atoms with E-state index < -0.39 is 0 Å². The second-order valence-electron chi connectivity index (χ2n) is 4.97. The standard InChI is InChI=1S/C15H19N3O/c1-17-11-13(10-16-17)12-19-15-7-3-2-6-14(15)18-8-4-5-9-18/h2-3,6-7,10-11H,4-5,8-9,12H2,1H3. The van der Waals surface area contributed by atoms with E-state index in [9.17, 15) is 0 Å². The van der Waals surface area contributed by atoms with Crippen LogP contribution in [0.15, 0.2) is 36.7 Å². The van der Waals surface area contributed by atoms with Crippen LogP contribution in [0.1, 0.15) is 18.4 Å². The molecule has 0 spiro atoms. The highest BCUT2D eigenvalue weighted by atomic mass is 16.5. The van der Waals surface area contributed by atoms with E-state index in [-0.39, 0.29) is 0 Å². The minimum Gasteiger partial charge on any atom is -0.487 e. The number of benzene rings is 1. The molecule has 2 heterocycles. The molecule has 0 atom stereocenters. The van der Waals surface area contributed by atoms with Crippen molar-refractivity contribution in [3.05, 3.63) is 42.2 Å². The summed E-state index contributed by atoms with van der Waals surface area (Å²) in [6.45, 7) is 2.83. The van der Waals surface area contributed by atoms with Crippen molar-refractivity contribution >= 4 is 5.69 Å². The third-order valence-electron chi connectivity index (χ3n) is 3.46. The van der Waals surface area contributed by atoms with Crippen LogP contribution in [0.4, 0.5) is 5.69 Å². The van der Waals surface area contributed by atoms with E-state index in [0.717, 1.165) is 24.4 Å². The normalized spacial score (nSPS) is 14.9. The molecule has 1 aliphatic rings. The summed E-state index contributed by atoms with van der Waals surface area (Å²) in [6.07, 6.45) is 6.38. The third-order valence-corrected chi connectivity index (χ3v) is 3.46. The molecule has 1 saturated heterocycles. The zero-order valence-electron chi connectivity index (χ0n) is 11.2. The summed E-state index contributed by atoms with van der Waals surface area (Å²) in [7, 11) is 1.92. The number of ether oxygens (including phenoxy) is 1. The summed E-state index contributed by atoms with van der Waals surface area (Å²) >= 11 is 0. The Morgan fingerprint density at radius 3 is 2.74 bits per heavy atom. The first kappa shape index (κ1) is 12.1. The number of anilines is 1. The number of aryl methyl sites for hydroxylation is 1. The Hall–Kier alpha value is -1.97. The second kappa shape index (κ2) is 5.34. The SMILES string of the molecule is Cn1cc(COc2ccccc2N2CCCC2)cn1. The van der Waals surface area contributed by atoms with Crippen LogP contribution in [0, 0.1) is 0 Å². The van der Waals surface area contributed by atoms with Gasteiger partial charge < -0.3 is 9.64 Å². The fraction of sp³-hybridized carbons (Fsp3) is 0.400. The van der Waals surface area contributed by atoms with Crippen molar-refractivity contribution in [3.8, 4) is 5.75 Å². The number of para-hydroxylation sites is 2. The first-order valence-electron chi connectivity index (χ1n) is 6.77. The van der Waals surface area contributed by atoms with Gasteiger partial charge in [-0.05, 0) is 25.0 Å². The minimum atomic E-state index is 0.568. The van der Waals surface area contributed by atoms with Gasteiger partial charge in [0.2, 0.25) is 0 Å². The average molecular weight is 257 g/mol. The Balaban J connectivity index is 1.73. The van der Waals surface area contributed by atoms with Crippen LogP contribution in [-0.2, 0) is 13.7 Å². The minimum absolute atomic E-state index is 0.568. The predicted octanol–water partition coefficient (Wildman–Crippen LogP) is 2.60. The van der Waals surface area contributed by atoms with E-state index in [4.69, 9.17) is 4.74 Å². The van der Waals surface area contributed by atoms with Gasteiger partial charge in [0.15, 0.2) is 0 Å². The first-order chi connectivity index (χ1) is 9.33. The van der Waals surface area contributed by atoms with Crippen LogP contribution in [0.5, 0.6) is 5.75 Å². The van der Waals surface area contributed by atoms with Crippen LogP contribution >= 0.6 is 0 Å². The molecule has 1 fully saturated rings. The molecule has 0 amide bonds. The number of nitrogens with zero attached hydrogens (tertiary/aromatic N) is 3. The lowest BCUT2D eigenvalue weighted by atomic mass is 10.2. The van der Waals surface area contributed by atoms with E-state index in [1.165, 1.54) is 18.5 Å². The van der Waals surface area contributed by atoms with Gasteiger partial charge in [0.05, 0.1) is 11.9 Å². The Labute approximate surface area is 113 Å². The van der Waals surface area contributed by atoms with Crippen molar-refractivity contribution < 1.29 is 4.74 Å². The first-order valence-corrected chi connectivity index (χ1v) is 6.77. The molecule has 0 bridgehead atoms. The Bertz CT molecular complexity index is 544. The lowest BCUT2D eigenvalue weighted by Gasteiger charge is -2.21. The fourth-order valence-electron chi connectivity index (χ4n) is 2.51. The summed E-state index contributed by atoms with van der Waals surface area (Å²) in [5.41, 5.74) is 2.31. The number of rotatable bonds is 4. The summed E-state index contributed by atoms with van der Waals surface area (Å²) in [5, 5.41) is 4.16. The Morgan fingerprint density at radius 2 is 2.00 bits per heavy atom. The summed E-state index contributed by atoms with van der Waals surface area (Å²) in [6, 6.07) is 8.29. The van der Waals surface area contributed by atoms with Gasteiger partial charge in [0.25, 0.3) is 0 Å². The van der Waals surface area contributed by atoms with Crippen molar-refractivity contribution in [1.29, 1.82) is 0 Å². The highest BCUT2D eigenvalue weighted by molar-refractivity contribution is 5.58. The van der Waals surface area contributed by atoms with Gasteiger partial charge in [0.1, 0.15) is 12.4 Å². The average Bonchev–Trinajstić information content (AvgIpc) is 3.08. The number of hydrogen-bond donors (Lipinski definition) is 0. The molecule has 100 valence electrons. The maximum atomic E-state index is 5.95. The molecule has 1 aromatic carbocycles. The summed E-state index contributed by atoms with van der Waals surface area (Å²) < 4.78 is 7.75. The number of hydrogen-bond acceptors (Lipinski definition) is 3. The molecule has 4 nitrogen and oxygen atoms in total. The van der Waals surface area contributed by atoms with Gasteiger partial charge in [-0.2, -0.15) is 5.10 Å². The maximum absolute atomic E-state index is 5.95. The Kier molecular flexibility index (Phi) is 3.40. The lowest BCUT2D eigenvalue weighted by Crippen LogP contribution is -2.18. The number of aromatic nitrogens is 2. The zero-order valence-corrected chi connectivity index (χ0v) is 11.2. The van der Waals surface area contributed by atoms with Crippen LogP contribution in [0.3, 0.4) is 0 Å². The van der Waals surface area contributed by atoms with Crippen molar-refractivity contribution in [3.63, 3.8) is 0 Å². The molecule has 0 radical (unpaired) electrons. The van der Waals surface area contributed by atoms with Crippen LogP contribution in [0.25, 0.3) is 0 Å². The molecule has 0 saturated carbocycles. The largest absolute Gasteiger partial charge is 0.487 e. The van der Waals surface area contributed by atoms with Gasteiger partial charge in [-0.15, -0.1) is 0 Å². The van der Waals surface area contributed by atoms with Crippen molar-refractivity contribution in [2.24, 2.45) is 7.05 Å². The predicted molar refractivity (Wildman–Crippen MR) is 75.4 cm³/mol. The second-order valence-corrected chi connectivity index (χ2v) is 4.97. The molecule has 19 heavy (non-hydrogen) atoms. The van der Waals surface area contributed by atoms with Gasteiger partial charge in [-0.3, -0.25) is 4.68 Å². The van der Waals surface area contributed by atoms with Gasteiger partial charge >= 0.3 is 0 Å². The lowest BCUT2D eigenvalue weighted by molar-refractivity contribution is 0.306. The van der Waals surface area contributed by atoms with E-state index in [1.807, 2.05) is 31.6 Å². The molecule has 1 aromatic heterocycles. The molecule has 0 unspecified atom stereocenters. The van der Waals surface area contributed by atoms with Crippen molar-refractivity contribution in [2.75, 3.05) is 18.0 Å². The maximum Gasteiger partial charge on any atom is 0.143 e. The molecule has 3 rings (SSSR count).